The van der Waals surface area contributed by atoms with Crippen LogP contribution in [0.2, 0.25) is 5.02 Å². The molecule has 0 aliphatic carbocycles. The molecule has 3 N–H and O–H groups in total. The number of aryl methyl sites for hydroxylation is 1. The first-order valence-electron chi connectivity index (χ1n) is 11.1. The first kappa shape index (κ1) is 25.9. The van der Waals surface area contributed by atoms with Crippen molar-refractivity contribution in [2.45, 2.75) is 19.8 Å². The molecule has 1 fully saturated rings. The monoisotopic (exact) mass is 505 g/mol. The number of likely N-dealkylation sites (N-methyl/N-ethyl adjacent to an activating group) is 1. The van der Waals surface area contributed by atoms with E-state index in [-0.39, 0.29) is 6.61 Å². The summed E-state index contributed by atoms with van der Waals surface area (Å²) in [4.78, 5) is 28.2. The van der Waals surface area contributed by atoms with E-state index in [0.29, 0.717) is 0 Å². The van der Waals surface area contributed by atoms with Crippen LogP contribution < -0.4 is 4.90 Å². The molecule has 0 radical (unpaired) electrons. The Bertz CT molecular complexity index is 1130. The van der Waals surface area contributed by atoms with Crippen LogP contribution in [0.5, 0.6) is 0 Å². The second kappa shape index (κ2) is 12.1. The summed E-state index contributed by atoms with van der Waals surface area (Å²) >= 11 is 8.27. The lowest BCUT2D eigenvalue weighted by Crippen LogP contribution is -2.46. The van der Waals surface area contributed by atoms with Gasteiger partial charge in [0.2, 0.25) is 0 Å². The molecular formula is C24H28ClN3O5S. The van der Waals surface area contributed by atoms with Gasteiger partial charge in [0.1, 0.15) is 5.82 Å². The number of piperazine rings is 1. The van der Waals surface area contributed by atoms with E-state index in [0.717, 1.165) is 73.2 Å². The molecule has 8 nitrogen and oxygen atoms in total. The highest BCUT2D eigenvalue weighted by Gasteiger charge is 2.20. The van der Waals surface area contributed by atoms with Gasteiger partial charge in [0.15, 0.2) is 0 Å². The number of carboxylic acid groups (broad SMARTS) is 2. The van der Waals surface area contributed by atoms with Crippen molar-refractivity contribution < 1.29 is 24.9 Å². The smallest absolute Gasteiger partial charge is 0.414 e. The van der Waals surface area contributed by atoms with Crippen LogP contribution in [0.3, 0.4) is 0 Å². The van der Waals surface area contributed by atoms with Gasteiger partial charge in [-0.25, -0.2) is 14.6 Å². The number of hydrogen-bond donors (Lipinski definition) is 3. The number of benzene rings is 1. The zero-order valence-electron chi connectivity index (χ0n) is 18.9. The minimum absolute atomic E-state index is 0.184. The van der Waals surface area contributed by atoms with Crippen LogP contribution in [0.25, 0.3) is 21.3 Å². The average Bonchev–Trinajstić information content (AvgIpc) is 3.32. The number of aliphatic carboxylic acids is 2. The fourth-order valence-electron chi connectivity index (χ4n) is 3.78. The van der Waals surface area contributed by atoms with Gasteiger partial charge in [-0.2, -0.15) is 0 Å². The van der Waals surface area contributed by atoms with E-state index in [9.17, 15) is 0 Å². The largest absolute Gasteiger partial charge is 0.473 e. The highest BCUT2D eigenvalue weighted by molar-refractivity contribution is 7.17. The molecule has 10 heteroatoms. The van der Waals surface area contributed by atoms with E-state index in [1.165, 1.54) is 10.1 Å². The van der Waals surface area contributed by atoms with Crippen molar-refractivity contribution in [3.8, 4) is 11.3 Å². The predicted octanol–water partition coefficient (Wildman–Crippen LogP) is 3.84. The van der Waals surface area contributed by atoms with Crippen LogP contribution >= 0.6 is 22.9 Å². The number of hydrogen-bond acceptors (Lipinski definition) is 7. The Morgan fingerprint density at radius 3 is 2.38 bits per heavy atom. The Morgan fingerprint density at radius 1 is 1.09 bits per heavy atom. The topological polar surface area (TPSA) is 114 Å². The molecule has 3 heterocycles. The molecule has 1 aliphatic rings. The molecule has 2 aromatic heterocycles. The summed E-state index contributed by atoms with van der Waals surface area (Å²) in [5, 5.41) is 28.0. The summed E-state index contributed by atoms with van der Waals surface area (Å²) in [5.74, 6) is -2.55. The quantitative estimate of drug-likeness (QED) is 0.433. The Morgan fingerprint density at radius 2 is 1.79 bits per heavy atom. The number of nitrogens with zero attached hydrogens (tertiary/aromatic N) is 3. The third-order valence-corrected chi connectivity index (χ3v) is 6.95. The van der Waals surface area contributed by atoms with Gasteiger partial charge in [-0.05, 0) is 53.9 Å². The van der Waals surface area contributed by atoms with Gasteiger partial charge in [-0.15, -0.1) is 11.3 Å². The molecule has 0 amide bonds. The molecule has 0 saturated carbocycles. The van der Waals surface area contributed by atoms with Crippen LogP contribution in [0.1, 0.15) is 18.9 Å². The number of rotatable bonds is 6. The van der Waals surface area contributed by atoms with E-state index in [4.69, 9.17) is 41.5 Å². The minimum Gasteiger partial charge on any atom is -0.473 e. The van der Waals surface area contributed by atoms with Crippen LogP contribution in [0, 0.1) is 0 Å². The summed E-state index contributed by atoms with van der Waals surface area (Å²) < 4.78 is 1.26. The number of aliphatic hydroxyl groups excluding tert-OH is 1. The molecule has 0 unspecified atom stereocenters. The normalized spacial score (nSPS) is 14.0. The fraction of sp³-hybridized carbons (Fsp3) is 0.375. The van der Waals surface area contributed by atoms with Crippen molar-refractivity contribution in [1.82, 2.24) is 9.88 Å². The average molecular weight is 506 g/mol. The molecular weight excluding hydrogens is 478 g/mol. The Hall–Kier alpha value is -2.72. The van der Waals surface area contributed by atoms with Crippen molar-refractivity contribution in [3.63, 3.8) is 0 Å². The number of carbonyl (C=O) groups is 2. The van der Waals surface area contributed by atoms with E-state index in [1.54, 1.807) is 11.3 Å². The van der Waals surface area contributed by atoms with E-state index < -0.39 is 11.9 Å². The van der Waals surface area contributed by atoms with Gasteiger partial charge < -0.3 is 25.1 Å². The number of halogens is 1. The SMILES string of the molecule is CCN1CCN(c2nc(-c3ccc(CCCO)c(Cl)c3)cc3ccsc23)CC1.O=C(O)C(=O)O. The number of pyridine rings is 1. The van der Waals surface area contributed by atoms with Crippen molar-refractivity contribution in [2.24, 2.45) is 0 Å². The molecule has 4 rings (SSSR count). The lowest BCUT2D eigenvalue weighted by atomic mass is 10.0. The first-order valence-corrected chi connectivity index (χ1v) is 12.3. The first-order chi connectivity index (χ1) is 16.3. The van der Waals surface area contributed by atoms with Crippen molar-refractivity contribution >= 4 is 50.8 Å². The maximum absolute atomic E-state index is 9.10. The summed E-state index contributed by atoms with van der Waals surface area (Å²) in [6.07, 6.45) is 1.52. The Kier molecular flexibility index (Phi) is 9.23. The fourth-order valence-corrected chi connectivity index (χ4v) is 4.94. The van der Waals surface area contributed by atoms with Gasteiger partial charge >= 0.3 is 11.9 Å². The van der Waals surface area contributed by atoms with Crippen molar-refractivity contribution in [3.05, 3.63) is 46.3 Å². The van der Waals surface area contributed by atoms with Crippen molar-refractivity contribution in [1.29, 1.82) is 0 Å². The molecule has 1 aliphatic heterocycles. The number of carboxylic acids is 2. The number of anilines is 1. The number of thiophene rings is 1. The van der Waals surface area contributed by atoms with Gasteiger partial charge in [-0.1, -0.05) is 30.7 Å². The van der Waals surface area contributed by atoms with Crippen LogP contribution in [0.15, 0.2) is 35.7 Å². The van der Waals surface area contributed by atoms with Gasteiger partial charge in [0.25, 0.3) is 0 Å². The Balaban J connectivity index is 0.000000481. The third-order valence-electron chi connectivity index (χ3n) is 5.67. The maximum Gasteiger partial charge on any atom is 0.414 e. The van der Waals surface area contributed by atoms with Crippen LogP contribution in [0.4, 0.5) is 5.82 Å². The molecule has 3 aromatic rings. The van der Waals surface area contributed by atoms with Crippen LogP contribution in [-0.2, 0) is 16.0 Å². The molecule has 182 valence electrons. The number of fused-ring (bicyclic) bond motifs is 1. The predicted molar refractivity (Wildman–Crippen MR) is 135 cm³/mol. The third kappa shape index (κ3) is 6.44. The summed E-state index contributed by atoms with van der Waals surface area (Å²) in [7, 11) is 0. The molecule has 1 saturated heterocycles. The number of aromatic nitrogens is 1. The summed E-state index contributed by atoms with van der Waals surface area (Å²) in [6.45, 7) is 7.71. The highest BCUT2D eigenvalue weighted by atomic mass is 35.5. The minimum atomic E-state index is -1.82. The van der Waals surface area contributed by atoms with E-state index in [1.807, 2.05) is 6.07 Å². The molecule has 0 bridgehead atoms. The second-order valence-corrected chi connectivity index (χ2v) is 9.16. The maximum atomic E-state index is 9.10. The standard InChI is InChI=1S/C22H26ClN3OS.C2H2O4/c1-2-25-8-10-26(11-9-25)22-21-18(7-13-28-21)15-20(24-22)17-6-5-16(4-3-12-27)19(23)14-17;3-1(4)2(5)6/h5-7,13-15,27H,2-4,8-12H2,1H3;(H,3,4)(H,5,6). The molecule has 34 heavy (non-hydrogen) atoms. The zero-order valence-corrected chi connectivity index (χ0v) is 20.5. The highest BCUT2D eigenvalue weighted by Crippen LogP contribution is 2.35. The van der Waals surface area contributed by atoms with E-state index in [2.05, 4.69) is 46.4 Å². The molecule has 0 atom stereocenters. The lowest BCUT2D eigenvalue weighted by Gasteiger charge is -2.35. The van der Waals surface area contributed by atoms with Gasteiger partial charge in [0.05, 0.1) is 10.4 Å². The molecule has 1 aromatic carbocycles. The van der Waals surface area contributed by atoms with Gasteiger partial charge in [0, 0.05) is 43.4 Å². The summed E-state index contributed by atoms with van der Waals surface area (Å²) in [5.41, 5.74) is 3.08. The summed E-state index contributed by atoms with van der Waals surface area (Å²) in [6, 6.07) is 10.5. The number of aliphatic hydroxyl groups is 1. The molecule has 0 spiro atoms. The van der Waals surface area contributed by atoms with E-state index >= 15 is 0 Å². The second-order valence-electron chi connectivity index (χ2n) is 7.84. The lowest BCUT2D eigenvalue weighted by molar-refractivity contribution is -0.159. The van der Waals surface area contributed by atoms with Crippen LogP contribution in [-0.4, -0.2) is 76.5 Å². The zero-order chi connectivity index (χ0) is 24.7. The van der Waals surface area contributed by atoms with Crippen molar-refractivity contribution in [2.75, 3.05) is 44.2 Å². The van der Waals surface area contributed by atoms with Gasteiger partial charge in [-0.3, -0.25) is 0 Å². The Labute approximate surface area is 207 Å².